The van der Waals surface area contributed by atoms with E-state index in [9.17, 15) is 14.0 Å². The van der Waals surface area contributed by atoms with Crippen molar-refractivity contribution in [3.05, 3.63) is 84.4 Å². The lowest BCUT2D eigenvalue weighted by Crippen LogP contribution is -2.43. The smallest absolute Gasteiger partial charge is 0.321 e. The molecule has 3 amide bonds. The van der Waals surface area contributed by atoms with Gasteiger partial charge in [-0.1, -0.05) is 6.07 Å². The van der Waals surface area contributed by atoms with Crippen molar-refractivity contribution in [3.63, 3.8) is 0 Å². The average Bonchev–Trinajstić information content (AvgIpc) is 2.81. The van der Waals surface area contributed by atoms with Gasteiger partial charge in [-0.3, -0.25) is 9.78 Å². The fraction of sp³-hybridized carbons (Fsp3) is 0.208. The van der Waals surface area contributed by atoms with Crippen molar-refractivity contribution >= 4 is 23.3 Å². The van der Waals surface area contributed by atoms with E-state index in [-0.39, 0.29) is 23.6 Å². The van der Waals surface area contributed by atoms with E-state index in [0.29, 0.717) is 30.2 Å². The van der Waals surface area contributed by atoms with Gasteiger partial charge in [-0.2, -0.15) is 0 Å². The highest BCUT2D eigenvalue weighted by atomic mass is 19.1. The Morgan fingerprint density at radius 3 is 2.44 bits per heavy atom. The monoisotopic (exact) mass is 434 g/mol. The maximum atomic E-state index is 13.3. The number of halogens is 1. The van der Waals surface area contributed by atoms with Crippen molar-refractivity contribution in [3.8, 4) is 5.75 Å². The maximum Gasteiger partial charge on any atom is 0.321 e. The molecule has 0 saturated carbocycles. The number of piperidine rings is 1. The Labute approximate surface area is 185 Å². The van der Waals surface area contributed by atoms with E-state index >= 15 is 0 Å². The molecule has 0 spiro atoms. The second-order valence-electron chi connectivity index (χ2n) is 7.46. The first kappa shape index (κ1) is 21.3. The summed E-state index contributed by atoms with van der Waals surface area (Å²) in [4.78, 5) is 30.3. The molecule has 1 aliphatic rings. The first-order valence-corrected chi connectivity index (χ1v) is 10.4. The van der Waals surface area contributed by atoms with Crippen molar-refractivity contribution in [2.24, 2.45) is 0 Å². The van der Waals surface area contributed by atoms with Gasteiger partial charge in [0.15, 0.2) is 0 Å². The van der Waals surface area contributed by atoms with Crippen molar-refractivity contribution in [2.45, 2.75) is 18.9 Å². The van der Waals surface area contributed by atoms with Crippen molar-refractivity contribution in [1.29, 1.82) is 0 Å². The van der Waals surface area contributed by atoms with Crippen LogP contribution in [-0.4, -0.2) is 41.0 Å². The second-order valence-corrected chi connectivity index (χ2v) is 7.46. The Kier molecular flexibility index (Phi) is 6.60. The third kappa shape index (κ3) is 5.60. The first-order chi connectivity index (χ1) is 15.6. The SMILES string of the molecule is O=C(Nc1ccc(OC2CCN(C(=O)Nc3cccnc3)CC2)cc1)c1cccc(F)c1. The molecule has 0 unspecified atom stereocenters. The Bertz CT molecular complexity index is 1070. The highest BCUT2D eigenvalue weighted by Crippen LogP contribution is 2.22. The number of hydrogen-bond donors (Lipinski definition) is 2. The van der Waals surface area contributed by atoms with E-state index < -0.39 is 5.82 Å². The number of nitrogens with one attached hydrogen (secondary N) is 2. The molecule has 1 aromatic heterocycles. The zero-order chi connectivity index (χ0) is 22.3. The molecule has 1 saturated heterocycles. The molecular weight excluding hydrogens is 411 g/mol. The minimum atomic E-state index is -0.456. The fourth-order valence-corrected chi connectivity index (χ4v) is 3.46. The van der Waals surface area contributed by atoms with Crippen LogP contribution in [0.25, 0.3) is 0 Å². The summed E-state index contributed by atoms with van der Waals surface area (Å²) in [5, 5.41) is 5.58. The molecule has 32 heavy (non-hydrogen) atoms. The van der Waals surface area contributed by atoms with Crippen LogP contribution in [-0.2, 0) is 0 Å². The standard InChI is InChI=1S/C24H23FN4O3/c25-18-4-1-3-17(15-18)23(30)27-19-6-8-21(9-7-19)32-22-10-13-29(14-11-22)24(31)28-20-5-2-12-26-16-20/h1-9,12,15-16,22H,10-11,13-14H2,(H,27,30)(H,28,31). The van der Waals surface area contributed by atoms with Crippen LogP contribution in [0.1, 0.15) is 23.2 Å². The van der Waals surface area contributed by atoms with Crippen molar-refractivity contribution in [2.75, 3.05) is 23.7 Å². The van der Waals surface area contributed by atoms with E-state index in [1.165, 1.54) is 18.2 Å². The number of anilines is 2. The van der Waals surface area contributed by atoms with Gasteiger partial charge in [0.2, 0.25) is 0 Å². The third-order valence-corrected chi connectivity index (χ3v) is 5.14. The molecule has 2 heterocycles. The van der Waals surface area contributed by atoms with Crippen LogP contribution < -0.4 is 15.4 Å². The number of benzene rings is 2. The quantitative estimate of drug-likeness (QED) is 0.617. The van der Waals surface area contributed by atoms with Gasteiger partial charge in [0.25, 0.3) is 5.91 Å². The minimum Gasteiger partial charge on any atom is -0.490 e. The first-order valence-electron chi connectivity index (χ1n) is 10.4. The van der Waals surface area contributed by atoms with E-state index in [2.05, 4.69) is 15.6 Å². The number of hydrogen-bond acceptors (Lipinski definition) is 4. The number of rotatable bonds is 5. The zero-order valence-electron chi connectivity index (χ0n) is 17.3. The molecule has 164 valence electrons. The minimum absolute atomic E-state index is 0.00479. The fourth-order valence-electron chi connectivity index (χ4n) is 3.46. The number of nitrogens with zero attached hydrogens (tertiary/aromatic N) is 2. The van der Waals surface area contributed by atoms with Crippen LogP contribution >= 0.6 is 0 Å². The predicted molar refractivity (Wildman–Crippen MR) is 119 cm³/mol. The second kappa shape index (κ2) is 9.91. The summed E-state index contributed by atoms with van der Waals surface area (Å²) in [5.74, 6) is -0.149. The van der Waals surface area contributed by atoms with Gasteiger partial charge in [0.05, 0.1) is 11.9 Å². The van der Waals surface area contributed by atoms with Gasteiger partial charge in [0.1, 0.15) is 17.7 Å². The van der Waals surface area contributed by atoms with Crippen molar-refractivity contribution < 1.29 is 18.7 Å². The summed E-state index contributed by atoms with van der Waals surface area (Å²) in [7, 11) is 0. The van der Waals surface area contributed by atoms with Crippen LogP contribution in [0.3, 0.4) is 0 Å². The molecule has 3 aromatic rings. The Morgan fingerprint density at radius 2 is 1.75 bits per heavy atom. The van der Waals surface area contributed by atoms with Gasteiger partial charge in [-0.15, -0.1) is 0 Å². The number of pyridine rings is 1. The molecule has 7 nitrogen and oxygen atoms in total. The van der Waals surface area contributed by atoms with Crippen LogP contribution in [0.2, 0.25) is 0 Å². The summed E-state index contributed by atoms with van der Waals surface area (Å²) in [6.45, 7) is 1.19. The summed E-state index contributed by atoms with van der Waals surface area (Å²) < 4.78 is 19.3. The molecule has 0 aliphatic carbocycles. The lowest BCUT2D eigenvalue weighted by molar-refractivity contribution is 0.102. The van der Waals surface area contributed by atoms with Crippen LogP contribution in [0, 0.1) is 5.82 Å². The summed E-state index contributed by atoms with van der Waals surface area (Å²) in [5.41, 5.74) is 1.51. The Balaban J connectivity index is 1.25. The molecule has 0 atom stereocenters. The van der Waals surface area contributed by atoms with Gasteiger partial charge < -0.3 is 20.3 Å². The number of ether oxygens (including phenoxy) is 1. The van der Waals surface area contributed by atoms with Gasteiger partial charge in [-0.05, 0) is 54.6 Å². The van der Waals surface area contributed by atoms with E-state index in [1.807, 2.05) is 0 Å². The highest BCUT2D eigenvalue weighted by Gasteiger charge is 2.24. The summed E-state index contributed by atoms with van der Waals surface area (Å²) >= 11 is 0. The zero-order valence-corrected chi connectivity index (χ0v) is 17.3. The molecular formula is C24H23FN4O3. The Hall–Kier alpha value is -3.94. The van der Waals surface area contributed by atoms with Crippen LogP contribution in [0.5, 0.6) is 5.75 Å². The maximum absolute atomic E-state index is 13.3. The molecule has 8 heteroatoms. The third-order valence-electron chi connectivity index (χ3n) is 5.14. The number of likely N-dealkylation sites (tertiary alicyclic amines) is 1. The topological polar surface area (TPSA) is 83.6 Å². The number of carbonyl (C=O) groups excluding carboxylic acids is 2. The number of aromatic nitrogens is 1. The van der Waals surface area contributed by atoms with E-state index in [4.69, 9.17) is 4.74 Å². The lowest BCUT2D eigenvalue weighted by Gasteiger charge is -2.32. The normalized spacial score (nSPS) is 14.0. The van der Waals surface area contributed by atoms with E-state index in [1.54, 1.807) is 59.8 Å². The lowest BCUT2D eigenvalue weighted by atomic mass is 10.1. The molecule has 1 fully saturated rings. The predicted octanol–water partition coefficient (Wildman–Crippen LogP) is 4.55. The summed E-state index contributed by atoms with van der Waals surface area (Å²) in [6, 6.07) is 16.0. The molecule has 2 N–H and O–H groups in total. The van der Waals surface area contributed by atoms with Gasteiger partial charge in [-0.25, -0.2) is 9.18 Å². The number of carbonyl (C=O) groups is 2. The largest absolute Gasteiger partial charge is 0.490 e. The molecule has 2 aromatic carbocycles. The van der Waals surface area contributed by atoms with Crippen molar-refractivity contribution in [1.82, 2.24) is 9.88 Å². The molecule has 0 bridgehead atoms. The van der Waals surface area contributed by atoms with E-state index in [0.717, 1.165) is 12.8 Å². The average molecular weight is 434 g/mol. The molecule has 0 radical (unpaired) electrons. The molecule has 1 aliphatic heterocycles. The molecule has 4 rings (SSSR count). The Morgan fingerprint density at radius 1 is 0.969 bits per heavy atom. The van der Waals surface area contributed by atoms with Crippen LogP contribution in [0.15, 0.2) is 73.1 Å². The van der Waals surface area contributed by atoms with Crippen LogP contribution in [0.4, 0.5) is 20.6 Å². The van der Waals surface area contributed by atoms with Gasteiger partial charge in [0, 0.05) is 43.4 Å². The summed E-state index contributed by atoms with van der Waals surface area (Å²) in [6.07, 6.45) is 4.71. The number of amides is 3. The number of urea groups is 1. The van der Waals surface area contributed by atoms with Gasteiger partial charge >= 0.3 is 6.03 Å². The highest BCUT2D eigenvalue weighted by molar-refractivity contribution is 6.04.